The summed E-state index contributed by atoms with van der Waals surface area (Å²) in [7, 11) is -3.52. The predicted molar refractivity (Wildman–Crippen MR) is 97.6 cm³/mol. The highest BCUT2D eigenvalue weighted by Crippen LogP contribution is 2.17. The quantitative estimate of drug-likeness (QED) is 0.766. The number of aliphatic carboxylic acids is 1. The number of hydrogen-bond donors (Lipinski definition) is 1. The minimum atomic E-state index is -3.52. The van der Waals surface area contributed by atoms with Crippen LogP contribution in [0.1, 0.15) is 29.3 Å². The molecule has 6 nitrogen and oxygen atoms in total. The molecular formula is C19H21NO5S. The van der Waals surface area contributed by atoms with Gasteiger partial charge in [0.05, 0.1) is 10.6 Å². The van der Waals surface area contributed by atoms with E-state index in [-0.39, 0.29) is 22.8 Å². The van der Waals surface area contributed by atoms with Crippen molar-refractivity contribution in [3.05, 3.63) is 65.7 Å². The fourth-order valence-corrected chi connectivity index (χ4v) is 3.95. The van der Waals surface area contributed by atoms with Crippen LogP contribution in [0.5, 0.6) is 0 Å². The number of carboxylic acids is 1. The van der Waals surface area contributed by atoms with Gasteiger partial charge in [0, 0.05) is 12.1 Å². The van der Waals surface area contributed by atoms with Crippen molar-refractivity contribution in [3.63, 3.8) is 0 Å². The van der Waals surface area contributed by atoms with E-state index >= 15 is 0 Å². The molecule has 2 rings (SSSR count). The summed E-state index contributed by atoms with van der Waals surface area (Å²) in [4.78, 5) is 25.0. The van der Waals surface area contributed by atoms with Gasteiger partial charge in [0.25, 0.3) is 5.91 Å². The molecule has 0 saturated heterocycles. The standard InChI is InChI=1S/C19H21NO5S/c1-2-11-20(13-18(21)22)19(23)16-8-6-7-15(12-16)14-26(24,25)17-9-4-3-5-10-17/h3-10,12H,2,11,13-14H2,1H3,(H,21,22). The van der Waals surface area contributed by atoms with E-state index in [0.29, 0.717) is 18.5 Å². The molecule has 0 fully saturated rings. The number of hydrogen-bond acceptors (Lipinski definition) is 4. The minimum absolute atomic E-state index is 0.218. The Balaban J connectivity index is 2.24. The number of amides is 1. The number of carbonyl (C=O) groups is 2. The van der Waals surface area contributed by atoms with E-state index in [2.05, 4.69) is 0 Å². The molecule has 0 radical (unpaired) electrons. The van der Waals surface area contributed by atoms with Crippen LogP contribution in [0.25, 0.3) is 0 Å². The van der Waals surface area contributed by atoms with Crippen LogP contribution < -0.4 is 0 Å². The third kappa shape index (κ3) is 5.16. The van der Waals surface area contributed by atoms with E-state index in [1.54, 1.807) is 36.4 Å². The summed E-state index contributed by atoms with van der Waals surface area (Å²) in [6.45, 7) is 1.78. The molecule has 0 atom stereocenters. The monoisotopic (exact) mass is 375 g/mol. The summed E-state index contributed by atoms with van der Waals surface area (Å²) < 4.78 is 25.0. The SMILES string of the molecule is CCCN(CC(=O)O)C(=O)c1cccc(CS(=O)(=O)c2ccccc2)c1. The van der Waals surface area contributed by atoms with Gasteiger partial charge >= 0.3 is 5.97 Å². The third-order valence-corrected chi connectivity index (χ3v) is 5.44. The molecule has 0 heterocycles. The second-order valence-electron chi connectivity index (χ2n) is 5.89. The van der Waals surface area contributed by atoms with Crippen LogP contribution in [-0.4, -0.2) is 43.4 Å². The van der Waals surface area contributed by atoms with Gasteiger partial charge in [-0.15, -0.1) is 0 Å². The molecule has 0 spiro atoms. The zero-order valence-electron chi connectivity index (χ0n) is 14.5. The van der Waals surface area contributed by atoms with Gasteiger partial charge in [-0.3, -0.25) is 9.59 Å². The van der Waals surface area contributed by atoms with Crippen LogP contribution in [0.3, 0.4) is 0 Å². The Bertz CT molecular complexity index is 878. The topological polar surface area (TPSA) is 91.8 Å². The highest BCUT2D eigenvalue weighted by Gasteiger charge is 2.20. The Kier molecular flexibility index (Phi) is 6.52. The lowest BCUT2D eigenvalue weighted by Crippen LogP contribution is -2.36. The zero-order valence-corrected chi connectivity index (χ0v) is 15.3. The average Bonchev–Trinajstić information content (AvgIpc) is 2.61. The first-order valence-corrected chi connectivity index (χ1v) is 9.86. The molecule has 0 aliphatic rings. The molecule has 0 aliphatic heterocycles. The van der Waals surface area contributed by atoms with Gasteiger partial charge < -0.3 is 10.0 Å². The number of benzene rings is 2. The summed E-state index contributed by atoms with van der Waals surface area (Å²) in [6, 6.07) is 14.4. The van der Waals surface area contributed by atoms with Crippen molar-refractivity contribution in [2.45, 2.75) is 24.0 Å². The molecule has 0 saturated carbocycles. The lowest BCUT2D eigenvalue weighted by atomic mass is 10.1. The smallest absolute Gasteiger partial charge is 0.323 e. The van der Waals surface area contributed by atoms with Crippen molar-refractivity contribution in [3.8, 4) is 0 Å². The van der Waals surface area contributed by atoms with E-state index in [1.165, 1.54) is 23.1 Å². The maximum atomic E-state index is 12.6. The van der Waals surface area contributed by atoms with Crippen molar-refractivity contribution in [1.82, 2.24) is 4.90 Å². The lowest BCUT2D eigenvalue weighted by molar-refractivity contribution is -0.137. The van der Waals surface area contributed by atoms with Gasteiger partial charge in [-0.25, -0.2) is 8.42 Å². The predicted octanol–water partition coefficient (Wildman–Crippen LogP) is 2.60. The highest BCUT2D eigenvalue weighted by atomic mass is 32.2. The molecule has 1 amide bonds. The average molecular weight is 375 g/mol. The van der Waals surface area contributed by atoms with Gasteiger partial charge in [-0.05, 0) is 36.2 Å². The molecule has 1 N–H and O–H groups in total. The van der Waals surface area contributed by atoms with E-state index in [4.69, 9.17) is 5.11 Å². The fourth-order valence-electron chi connectivity index (χ4n) is 2.59. The van der Waals surface area contributed by atoms with Crippen molar-refractivity contribution in [2.75, 3.05) is 13.1 Å². The molecule has 2 aromatic rings. The third-order valence-electron chi connectivity index (χ3n) is 3.74. The Morgan fingerprint density at radius 1 is 1.04 bits per heavy atom. The van der Waals surface area contributed by atoms with Crippen molar-refractivity contribution < 1.29 is 23.1 Å². The summed E-state index contributed by atoms with van der Waals surface area (Å²) >= 11 is 0. The summed E-state index contributed by atoms with van der Waals surface area (Å²) in [6.07, 6.45) is 0.626. The van der Waals surface area contributed by atoms with Crippen molar-refractivity contribution in [2.24, 2.45) is 0 Å². The number of sulfone groups is 1. The molecule has 0 aromatic heterocycles. The van der Waals surface area contributed by atoms with E-state index in [0.717, 1.165) is 0 Å². The van der Waals surface area contributed by atoms with Crippen LogP contribution in [0.2, 0.25) is 0 Å². The summed E-state index contributed by atoms with van der Waals surface area (Å²) in [5.41, 5.74) is 0.756. The maximum Gasteiger partial charge on any atom is 0.323 e. The minimum Gasteiger partial charge on any atom is -0.480 e. The second kappa shape index (κ2) is 8.62. The van der Waals surface area contributed by atoms with Crippen LogP contribution >= 0.6 is 0 Å². The lowest BCUT2D eigenvalue weighted by Gasteiger charge is -2.20. The maximum absolute atomic E-state index is 12.6. The Labute approximate surface area is 153 Å². The van der Waals surface area contributed by atoms with Gasteiger partial charge in [0.15, 0.2) is 9.84 Å². The van der Waals surface area contributed by atoms with Crippen LogP contribution in [0, 0.1) is 0 Å². The van der Waals surface area contributed by atoms with Gasteiger partial charge in [0.1, 0.15) is 6.54 Å². The first-order chi connectivity index (χ1) is 12.3. The van der Waals surface area contributed by atoms with Crippen LogP contribution in [0.15, 0.2) is 59.5 Å². The Hall–Kier alpha value is -2.67. The van der Waals surface area contributed by atoms with Crippen LogP contribution in [-0.2, 0) is 20.4 Å². The Morgan fingerprint density at radius 2 is 1.73 bits per heavy atom. The first kappa shape index (κ1) is 19.7. The number of rotatable bonds is 8. The first-order valence-electron chi connectivity index (χ1n) is 8.21. The van der Waals surface area contributed by atoms with E-state index in [1.807, 2.05) is 6.92 Å². The van der Waals surface area contributed by atoms with E-state index in [9.17, 15) is 18.0 Å². The highest BCUT2D eigenvalue weighted by molar-refractivity contribution is 7.90. The Morgan fingerprint density at radius 3 is 2.35 bits per heavy atom. The molecule has 0 aliphatic carbocycles. The van der Waals surface area contributed by atoms with Gasteiger partial charge in [0.2, 0.25) is 0 Å². The largest absolute Gasteiger partial charge is 0.480 e. The summed E-state index contributed by atoms with van der Waals surface area (Å²) in [5.74, 6) is -1.74. The molecule has 0 bridgehead atoms. The molecule has 26 heavy (non-hydrogen) atoms. The molecule has 7 heteroatoms. The molecule has 138 valence electrons. The second-order valence-corrected chi connectivity index (χ2v) is 7.88. The number of carboxylic acid groups (broad SMARTS) is 1. The van der Waals surface area contributed by atoms with Crippen molar-refractivity contribution in [1.29, 1.82) is 0 Å². The number of nitrogens with zero attached hydrogens (tertiary/aromatic N) is 1. The van der Waals surface area contributed by atoms with Crippen LogP contribution in [0.4, 0.5) is 0 Å². The van der Waals surface area contributed by atoms with E-state index < -0.39 is 21.7 Å². The summed E-state index contributed by atoms with van der Waals surface area (Å²) in [5, 5.41) is 8.97. The zero-order chi connectivity index (χ0) is 19.2. The van der Waals surface area contributed by atoms with Crippen molar-refractivity contribution >= 4 is 21.7 Å². The molecular weight excluding hydrogens is 354 g/mol. The van der Waals surface area contributed by atoms with Gasteiger partial charge in [-0.1, -0.05) is 37.3 Å². The normalized spacial score (nSPS) is 11.1. The number of carbonyl (C=O) groups excluding carboxylic acids is 1. The fraction of sp³-hybridized carbons (Fsp3) is 0.263. The molecule has 0 unspecified atom stereocenters. The molecule has 2 aromatic carbocycles. The van der Waals surface area contributed by atoms with Gasteiger partial charge in [-0.2, -0.15) is 0 Å².